The minimum atomic E-state index is -0.648. The molecule has 2 aliphatic rings. The Morgan fingerprint density at radius 2 is 1.61 bits per heavy atom. The quantitative estimate of drug-likeness (QED) is 0.544. The fraction of sp³-hybridized carbons (Fsp3) is 0.0833. The predicted molar refractivity (Wildman–Crippen MR) is 115 cm³/mol. The summed E-state index contributed by atoms with van der Waals surface area (Å²) in [5.74, 6) is -2.20. The number of anilines is 2. The Morgan fingerprint density at radius 3 is 2.35 bits per heavy atom. The van der Waals surface area contributed by atoms with Gasteiger partial charge in [-0.2, -0.15) is 0 Å². The van der Waals surface area contributed by atoms with E-state index in [1.165, 1.54) is 36.4 Å². The largest absolute Gasteiger partial charge is 0.336 e. The van der Waals surface area contributed by atoms with Crippen LogP contribution in [0.25, 0.3) is 5.57 Å². The second kappa shape index (κ2) is 7.32. The summed E-state index contributed by atoms with van der Waals surface area (Å²) in [6.45, 7) is 0.524. The van der Waals surface area contributed by atoms with Crippen LogP contribution in [0.3, 0.4) is 0 Å². The van der Waals surface area contributed by atoms with Gasteiger partial charge >= 0.3 is 0 Å². The molecule has 154 valence electrons. The van der Waals surface area contributed by atoms with Crippen LogP contribution < -0.4 is 9.80 Å². The minimum absolute atomic E-state index is 0.169. The summed E-state index contributed by atoms with van der Waals surface area (Å²) in [4.78, 5) is 29.8. The van der Waals surface area contributed by atoms with Crippen LogP contribution in [0.15, 0.2) is 72.4 Å². The van der Waals surface area contributed by atoms with Crippen molar-refractivity contribution in [2.24, 2.45) is 0 Å². The number of amides is 2. The highest BCUT2D eigenvalue weighted by atomic mass is 35.5. The van der Waals surface area contributed by atoms with Gasteiger partial charge in [-0.3, -0.25) is 9.59 Å². The first-order chi connectivity index (χ1) is 15.0. The van der Waals surface area contributed by atoms with Gasteiger partial charge in [0, 0.05) is 12.2 Å². The summed E-state index contributed by atoms with van der Waals surface area (Å²) in [5, 5.41) is -0.193. The lowest BCUT2D eigenvalue weighted by atomic mass is 10.0. The molecule has 2 amide bonds. The van der Waals surface area contributed by atoms with E-state index in [1.54, 1.807) is 0 Å². The highest BCUT2D eigenvalue weighted by Crippen LogP contribution is 2.40. The molecule has 0 saturated heterocycles. The second-order valence-electron chi connectivity index (χ2n) is 7.30. The molecule has 0 spiro atoms. The maximum Gasteiger partial charge on any atom is 0.282 e. The number of carbonyl (C=O) groups excluding carboxylic acids is 2. The number of nitrogens with zero attached hydrogens (tertiary/aromatic N) is 2. The van der Waals surface area contributed by atoms with Gasteiger partial charge in [-0.25, -0.2) is 13.7 Å². The molecule has 2 aliphatic heterocycles. The number of carbonyl (C=O) groups is 2. The van der Waals surface area contributed by atoms with Crippen molar-refractivity contribution < 1.29 is 18.4 Å². The predicted octanol–water partition coefficient (Wildman–Crippen LogP) is 4.97. The van der Waals surface area contributed by atoms with Crippen LogP contribution in [0.2, 0.25) is 5.02 Å². The smallest absolute Gasteiger partial charge is 0.282 e. The van der Waals surface area contributed by atoms with E-state index in [-0.39, 0.29) is 22.0 Å². The van der Waals surface area contributed by atoms with Crippen LogP contribution in [0.5, 0.6) is 0 Å². The third kappa shape index (κ3) is 3.11. The van der Waals surface area contributed by atoms with Crippen LogP contribution >= 0.6 is 11.6 Å². The molecule has 0 radical (unpaired) electrons. The minimum Gasteiger partial charge on any atom is -0.336 e. The molecule has 0 bridgehead atoms. The van der Waals surface area contributed by atoms with E-state index in [4.69, 9.17) is 11.6 Å². The van der Waals surface area contributed by atoms with Gasteiger partial charge < -0.3 is 4.90 Å². The molecule has 0 unspecified atom stereocenters. The van der Waals surface area contributed by atoms with Crippen molar-refractivity contribution in [1.29, 1.82) is 0 Å². The van der Waals surface area contributed by atoms with Gasteiger partial charge in [0.15, 0.2) is 0 Å². The van der Waals surface area contributed by atoms with Gasteiger partial charge in [0.25, 0.3) is 11.8 Å². The number of rotatable bonds is 3. The fourth-order valence-electron chi connectivity index (χ4n) is 4.07. The van der Waals surface area contributed by atoms with Crippen molar-refractivity contribution in [3.8, 4) is 0 Å². The summed E-state index contributed by atoms with van der Waals surface area (Å²) < 4.78 is 27.2. The van der Waals surface area contributed by atoms with E-state index in [0.717, 1.165) is 28.6 Å². The van der Waals surface area contributed by atoms with Crippen molar-refractivity contribution in [2.75, 3.05) is 16.3 Å². The molecular formula is C24H15ClF2N2O2. The van der Waals surface area contributed by atoms with Crippen LogP contribution in [0, 0.1) is 11.6 Å². The first-order valence-corrected chi connectivity index (χ1v) is 10.0. The monoisotopic (exact) mass is 436 g/mol. The molecule has 31 heavy (non-hydrogen) atoms. The van der Waals surface area contributed by atoms with Gasteiger partial charge in [-0.05, 0) is 53.9 Å². The first-order valence-electron chi connectivity index (χ1n) is 9.65. The zero-order valence-corrected chi connectivity index (χ0v) is 16.9. The Labute approximate surface area is 182 Å². The third-order valence-corrected chi connectivity index (χ3v) is 5.80. The highest BCUT2D eigenvalue weighted by molar-refractivity contribution is 6.46. The Kier molecular flexibility index (Phi) is 4.59. The zero-order valence-electron chi connectivity index (χ0n) is 16.1. The molecule has 4 nitrogen and oxygen atoms in total. The normalized spacial score (nSPS) is 15.8. The molecular weight excluding hydrogens is 422 g/mol. The molecule has 3 aromatic carbocycles. The number of hydrogen-bond donors (Lipinski definition) is 0. The SMILES string of the molecule is O=C1C(c2ccc(F)cc2)=C(N2CCc3ccccc32)C(=O)N1c1ccc(F)c(Cl)c1. The molecule has 2 heterocycles. The zero-order chi connectivity index (χ0) is 21.7. The number of fused-ring (bicyclic) bond motifs is 1. The maximum absolute atomic E-state index is 13.7. The molecule has 7 heteroatoms. The van der Waals surface area contributed by atoms with E-state index in [2.05, 4.69) is 0 Å². The van der Waals surface area contributed by atoms with Crippen molar-refractivity contribution in [3.05, 3.63) is 100 Å². The lowest BCUT2D eigenvalue weighted by Crippen LogP contribution is -2.34. The van der Waals surface area contributed by atoms with E-state index in [1.807, 2.05) is 29.2 Å². The number of halogens is 3. The van der Waals surface area contributed by atoms with Crippen LogP contribution in [0.1, 0.15) is 11.1 Å². The van der Waals surface area contributed by atoms with Crippen molar-refractivity contribution in [3.63, 3.8) is 0 Å². The van der Waals surface area contributed by atoms with E-state index < -0.39 is 23.4 Å². The van der Waals surface area contributed by atoms with E-state index in [0.29, 0.717) is 12.1 Å². The van der Waals surface area contributed by atoms with Gasteiger partial charge in [0.2, 0.25) is 0 Å². The lowest BCUT2D eigenvalue weighted by molar-refractivity contribution is -0.120. The van der Waals surface area contributed by atoms with Gasteiger partial charge in [-0.1, -0.05) is 41.9 Å². The molecule has 0 N–H and O–H groups in total. The average molecular weight is 437 g/mol. The first kappa shape index (κ1) is 19.5. The van der Waals surface area contributed by atoms with Crippen molar-refractivity contribution >= 4 is 40.4 Å². The van der Waals surface area contributed by atoms with Gasteiger partial charge in [0.1, 0.15) is 17.3 Å². The van der Waals surface area contributed by atoms with Crippen molar-refractivity contribution in [1.82, 2.24) is 0 Å². The van der Waals surface area contributed by atoms with Crippen molar-refractivity contribution in [2.45, 2.75) is 6.42 Å². The van der Waals surface area contributed by atoms with Gasteiger partial charge in [0.05, 0.1) is 16.3 Å². The Hall–Kier alpha value is -3.51. The summed E-state index contributed by atoms with van der Waals surface area (Å²) >= 11 is 5.90. The summed E-state index contributed by atoms with van der Waals surface area (Å²) in [5.41, 5.74) is 2.89. The van der Waals surface area contributed by atoms with Crippen LogP contribution in [0.4, 0.5) is 20.2 Å². The Balaban J connectivity index is 1.68. The molecule has 5 rings (SSSR count). The number of para-hydroxylation sites is 1. The fourth-order valence-corrected chi connectivity index (χ4v) is 4.25. The number of hydrogen-bond acceptors (Lipinski definition) is 3. The molecule has 0 saturated carbocycles. The van der Waals surface area contributed by atoms with Crippen LogP contribution in [-0.2, 0) is 16.0 Å². The average Bonchev–Trinajstić information content (AvgIpc) is 3.29. The van der Waals surface area contributed by atoms with Gasteiger partial charge in [-0.15, -0.1) is 0 Å². The lowest BCUT2D eigenvalue weighted by Gasteiger charge is -2.22. The summed E-state index contributed by atoms with van der Waals surface area (Å²) in [6.07, 6.45) is 0.722. The summed E-state index contributed by atoms with van der Waals surface area (Å²) in [7, 11) is 0. The second-order valence-corrected chi connectivity index (χ2v) is 7.71. The number of imide groups is 1. The molecule has 3 aromatic rings. The van der Waals surface area contributed by atoms with Crippen LogP contribution in [-0.4, -0.2) is 18.4 Å². The molecule has 0 aliphatic carbocycles. The Bertz CT molecular complexity index is 1270. The molecule has 0 atom stereocenters. The summed E-state index contributed by atoms with van der Waals surface area (Å²) in [6, 6.07) is 16.8. The Morgan fingerprint density at radius 1 is 0.871 bits per heavy atom. The third-order valence-electron chi connectivity index (χ3n) is 5.51. The van der Waals surface area contributed by atoms with E-state index >= 15 is 0 Å². The standard InChI is InChI=1S/C24H15ClF2N2O2/c25-18-13-17(9-10-19(18)27)29-23(30)21(15-5-7-16(26)8-6-15)22(24(29)31)28-12-11-14-3-1-2-4-20(14)28/h1-10,13H,11-12H2. The highest BCUT2D eigenvalue weighted by Gasteiger charge is 2.44. The maximum atomic E-state index is 13.7. The molecule has 0 aromatic heterocycles. The molecule has 0 fully saturated rings. The topological polar surface area (TPSA) is 40.6 Å². The van der Waals surface area contributed by atoms with E-state index in [9.17, 15) is 18.4 Å². The number of benzene rings is 3.